The molecule has 3 nitrogen and oxygen atoms in total. The van der Waals surface area contributed by atoms with Gasteiger partial charge in [0.25, 0.3) is 0 Å². The Kier molecular flexibility index (Phi) is 4.11. The first kappa shape index (κ1) is 17.5. The first-order valence-corrected chi connectivity index (χ1v) is 9.66. The minimum absolute atomic E-state index is 0.0384. The molecule has 1 unspecified atom stereocenters. The van der Waals surface area contributed by atoms with Gasteiger partial charge >= 0.3 is 0 Å². The molecule has 1 aliphatic carbocycles. The van der Waals surface area contributed by atoms with Crippen molar-refractivity contribution in [3.8, 4) is 11.1 Å². The predicted octanol–water partition coefficient (Wildman–Crippen LogP) is 5.87. The van der Waals surface area contributed by atoms with E-state index in [0.29, 0.717) is 5.92 Å². The summed E-state index contributed by atoms with van der Waals surface area (Å²) in [7, 11) is 0. The summed E-state index contributed by atoms with van der Waals surface area (Å²) in [6.07, 6.45) is 3.42. The topological polar surface area (TPSA) is 30.2 Å². The van der Waals surface area contributed by atoms with Crippen LogP contribution >= 0.6 is 11.6 Å². The number of halogens is 1. The van der Waals surface area contributed by atoms with Crippen molar-refractivity contribution in [2.45, 2.75) is 52.4 Å². The van der Waals surface area contributed by atoms with Gasteiger partial charge in [-0.25, -0.2) is 9.50 Å². The van der Waals surface area contributed by atoms with E-state index in [0.717, 1.165) is 45.2 Å². The van der Waals surface area contributed by atoms with Gasteiger partial charge in [0.05, 0.1) is 11.4 Å². The average molecular weight is 367 g/mol. The first-order chi connectivity index (χ1) is 12.3. The Balaban J connectivity index is 2.01. The van der Waals surface area contributed by atoms with Crippen LogP contribution in [0.15, 0.2) is 24.3 Å². The number of rotatable bonds is 4. The second kappa shape index (κ2) is 6.09. The number of aryl methyl sites for hydroxylation is 3. The Morgan fingerprint density at radius 3 is 2.58 bits per heavy atom. The van der Waals surface area contributed by atoms with Crippen LogP contribution < -0.4 is 0 Å². The van der Waals surface area contributed by atoms with Crippen LogP contribution in [-0.4, -0.2) is 14.6 Å². The minimum atomic E-state index is 0.0384. The van der Waals surface area contributed by atoms with E-state index in [1.807, 2.05) is 12.1 Å². The largest absolute Gasteiger partial charge is 0.233 e. The number of fused-ring (bicyclic) bond motifs is 1. The fraction of sp³-hybridized carbons (Fsp3) is 0.409. The zero-order valence-corrected chi connectivity index (χ0v) is 16.7. The highest BCUT2D eigenvalue weighted by molar-refractivity contribution is 6.30. The summed E-state index contributed by atoms with van der Waals surface area (Å²) in [5.74, 6) is 0.690. The maximum atomic E-state index is 6.16. The second-order valence-electron chi connectivity index (χ2n) is 7.88. The van der Waals surface area contributed by atoms with Gasteiger partial charge in [-0.1, -0.05) is 31.5 Å². The fourth-order valence-electron chi connectivity index (χ4n) is 4.14. The molecule has 0 aliphatic heterocycles. The van der Waals surface area contributed by atoms with Crippen LogP contribution in [0.1, 0.15) is 48.8 Å². The van der Waals surface area contributed by atoms with Crippen LogP contribution in [0, 0.1) is 33.6 Å². The number of benzene rings is 1. The van der Waals surface area contributed by atoms with E-state index in [-0.39, 0.29) is 5.41 Å². The van der Waals surface area contributed by atoms with Gasteiger partial charge in [-0.3, -0.25) is 0 Å². The van der Waals surface area contributed by atoms with Gasteiger partial charge < -0.3 is 0 Å². The molecule has 1 fully saturated rings. The van der Waals surface area contributed by atoms with Gasteiger partial charge in [-0.15, -0.1) is 0 Å². The Bertz CT molecular complexity index is 1000. The van der Waals surface area contributed by atoms with Crippen molar-refractivity contribution in [3.63, 3.8) is 0 Å². The van der Waals surface area contributed by atoms with E-state index in [1.165, 1.54) is 18.5 Å². The van der Waals surface area contributed by atoms with Crippen molar-refractivity contribution in [1.29, 1.82) is 0 Å². The van der Waals surface area contributed by atoms with Crippen LogP contribution in [0.5, 0.6) is 0 Å². The molecule has 0 amide bonds. The smallest absolute Gasteiger partial charge is 0.163 e. The Labute approximate surface area is 160 Å². The summed E-state index contributed by atoms with van der Waals surface area (Å²) in [6, 6.07) is 8.21. The number of nitrogens with zero attached hydrogens (tertiary/aromatic N) is 3. The molecule has 0 spiro atoms. The maximum Gasteiger partial charge on any atom is 0.163 e. The normalized spacial score (nSPS) is 16.8. The molecule has 4 heteroatoms. The first-order valence-electron chi connectivity index (χ1n) is 9.28. The maximum absolute atomic E-state index is 6.16. The summed E-state index contributed by atoms with van der Waals surface area (Å²) in [5.41, 5.74) is 7.62. The third-order valence-corrected chi connectivity index (χ3v) is 6.17. The zero-order valence-electron chi connectivity index (χ0n) is 15.9. The van der Waals surface area contributed by atoms with Crippen molar-refractivity contribution in [2.75, 3.05) is 0 Å². The van der Waals surface area contributed by atoms with Crippen LogP contribution in [0.4, 0.5) is 0 Å². The summed E-state index contributed by atoms with van der Waals surface area (Å²) >= 11 is 6.16. The van der Waals surface area contributed by atoms with E-state index < -0.39 is 0 Å². The Morgan fingerprint density at radius 2 is 1.96 bits per heavy atom. The van der Waals surface area contributed by atoms with Crippen LogP contribution in [0.25, 0.3) is 16.8 Å². The number of aromatic nitrogens is 3. The van der Waals surface area contributed by atoms with E-state index in [4.69, 9.17) is 21.7 Å². The summed E-state index contributed by atoms with van der Waals surface area (Å²) in [4.78, 5) is 4.87. The molecule has 2 heterocycles. The lowest BCUT2D eigenvalue weighted by Gasteiger charge is -2.29. The standard InChI is InChI=1S/C22H25ClN3/c1-6-22(5,16-7-8-16)19-12-14(3)24-21-20(15(4)25-26(19)21)18-10-9-17(23)11-13(18)2/h9-12,16H,1,6-8H2,2-5H3. The van der Waals surface area contributed by atoms with E-state index in [2.05, 4.69) is 51.3 Å². The average Bonchev–Trinajstić information content (AvgIpc) is 3.39. The summed E-state index contributed by atoms with van der Waals surface area (Å²) < 4.78 is 2.06. The van der Waals surface area contributed by atoms with Gasteiger partial charge in [-0.05, 0) is 75.3 Å². The molecule has 0 bridgehead atoms. The molecule has 4 rings (SSSR count). The Hall–Kier alpha value is -1.87. The van der Waals surface area contributed by atoms with E-state index in [1.54, 1.807) is 0 Å². The highest BCUT2D eigenvalue weighted by atomic mass is 35.5. The molecule has 0 saturated heterocycles. The van der Waals surface area contributed by atoms with Crippen molar-refractivity contribution in [2.24, 2.45) is 5.92 Å². The lowest BCUT2D eigenvalue weighted by molar-refractivity contribution is 0.390. The fourth-order valence-corrected chi connectivity index (χ4v) is 4.36. The highest BCUT2D eigenvalue weighted by Crippen LogP contribution is 2.49. The predicted molar refractivity (Wildman–Crippen MR) is 108 cm³/mol. The molecular weight excluding hydrogens is 342 g/mol. The van der Waals surface area contributed by atoms with Crippen molar-refractivity contribution in [1.82, 2.24) is 14.6 Å². The second-order valence-corrected chi connectivity index (χ2v) is 8.32. The van der Waals surface area contributed by atoms with Crippen LogP contribution in [0.2, 0.25) is 5.02 Å². The molecule has 1 atom stereocenters. The van der Waals surface area contributed by atoms with Gasteiger partial charge in [0.15, 0.2) is 5.65 Å². The summed E-state index contributed by atoms with van der Waals surface area (Å²) in [6.45, 7) is 12.8. The molecule has 1 aliphatic rings. The van der Waals surface area contributed by atoms with Gasteiger partial charge in [0.1, 0.15) is 0 Å². The monoisotopic (exact) mass is 366 g/mol. The lowest BCUT2D eigenvalue weighted by Crippen LogP contribution is -2.27. The molecule has 0 N–H and O–H groups in total. The van der Waals surface area contributed by atoms with Crippen LogP contribution in [0.3, 0.4) is 0 Å². The quantitative estimate of drug-likeness (QED) is 0.578. The Morgan fingerprint density at radius 1 is 1.23 bits per heavy atom. The zero-order chi connectivity index (χ0) is 18.6. The molecule has 1 aromatic carbocycles. The molecule has 2 aromatic heterocycles. The molecule has 135 valence electrons. The van der Waals surface area contributed by atoms with E-state index in [9.17, 15) is 0 Å². The lowest BCUT2D eigenvalue weighted by atomic mass is 9.78. The van der Waals surface area contributed by atoms with Gasteiger partial charge in [0.2, 0.25) is 0 Å². The number of hydrogen-bond acceptors (Lipinski definition) is 2. The molecule has 3 aromatic rings. The third-order valence-electron chi connectivity index (χ3n) is 5.93. The highest BCUT2D eigenvalue weighted by Gasteiger charge is 2.43. The molecule has 26 heavy (non-hydrogen) atoms. The van der Waals surface area contributed by atoms with Gasteiger partial charge in [-0.2, -0.15) is 5.10 Å². The van der Waals surface area contributed by atoms with Crippen molar-refractivity contribution in [3.05, 3.63) is 58.9 Å². The number of hydrogen-bond donors (Lipinski definition) is 0. The third kappa shape index (κ3) is 2.64. The molecular formula is C22H25ClN3. The van der Waals surface area contributed by atoms with Crippen molar-refractivity contribution < 1.29 is 0 Å². The van der Waals surface area contributed by atoms with E-state index >= 15 is 0 Å². The minimum Gasteiger partial charge on any atom is -0.233 e. The van der Waals surface area contributed by atoms with Crippen LogP contribution in [-0.2, 0) is 5.41 Å². The van der Waals surface area contributed by atoms with Crippen molar-refractivity contribution >= 4 is 17.2 Å². The SMILES string of the molecule is [CH2]CC(C)(c1cc(C)nc2c(-c3ccc(Cl)cc3C)c(C)nn12)C1CC1. The van der Waals surface area contributed by atoms with Gasteiger partial charge in [0, 0.05) is 21.7 Å². The molecule has 1 saturated carbocycles. The molecule has 1 radical (unpaired) electrons. The summed E-state index contributed by atoms with van der Waals surface area (Å²) in [5, 5.41) is 5.67.